The van der Waals surface area contributed by atoms with Crippen molar-refractivity contribution < 1.29 is 19.4 Å². The molecule has 0 unspecified atom stereocenters. The first-order valence-electron chi connectivity index (χ1n) is 10.6. The number of hydrogen-bond acceptors (Lipinski definition) is 7. The molecular weight excluding hydrogens is 424 g/mol. The van der Waals surface area contributed by atoms with Crippen molar-refractivity contribution in [2.45, 2.75) is 39.7 Å². The average molecular weight is 455 g/mol. The summed E-state index contributed by atoms with van der Waals surface area (Å²) in [6.07, 6.45) is 0. The lowest BCUT2D eigenvalue weighted by Gasteiger charge is -2.21. The molecule has 176 valence electrons. The lowest BCUT2D eigenvalue weighted by Crippen LogP contribution is -2.28. The molecule has 2 heterocycles. The van der Waals surface area contributed by atoms with Crippen LogP contribution in [-0.4, -0.2) is 68.4 Å². The third-order valence-corrected chi connectivity index (χ3v) is 5.15. The minimum absolute atomic E-state index is 0.112. The first-order valence-corrected chi connectivity index (χ1v) is 10.6. The maximum Gasteiger partial charge on any atom is 0.273 e. The van der Waals surface area contributed by atoms with E-state index in [0.717, 1.165) is 5.56 Å². The third kappa shape index (κ3) is 5.11. The Morgan fingerprint density at radius 2 is 1.85 bits per heavy atom. The minimum atomic E-state index is -0.287. The molecule has 1 aromatic carbocycles. The zero-order valence-electron chi connectivity index (χ0n) is 19.8. The summed E-state index contributed by atoms with van der Waals surface area (Å²) >= 11 is 0. The van der Waals surface area contributed by atoms with E-state index in [2.05, 4.69) is 10.2 Å². The minimum Gasteiger partial charge on any atom is -0.491 e. The Hall–Kier alpha value is -3.53. The van der Waals surface area contributed by atoms with Crippen LogP contribution in [0.2, 0.25) is 0 Å². The Balaban J connectivity index is 1.99. The van der Waals surface area contributed by atoms with E-state index in [1.54, 1.807) is 33.2 Å². The molecule has 3 aromatic rings. The van der Waals surface area contributed by atoms with Gasteiger partial charge in [0.15, 0.2) is 11.4 Å². The fourth-order valence-corrected chi connectivity index (χ4v) is 3.27. The number of carbonyl (C=O) groups excluding carboxylic acids is 2. The van der Waals surface area contributed by atoms with Crippen LogP contribution in [0.3, 0.4) is 0 Å². The first kappa shape index (κ1) is 24.1. The normalized spacial score (nSPS) is 11.6. The number of aliphatic hydroxyl groups excluding tert-OH is 1. The van der Waals surface area contributed by atoms with Gasteiger partial charge in [-0.1, -0.05) is 20.8 Å². The second kappa shape index (κ2) is 9.14. The van der Waals surface area contributed by atoms with Crippen LogP contribution in [0, 0.1) is 12.3 Å². The highest BCUT2D eigenvalue weighted by Gasteiger charge is 2.20. The summed E-state index contributed by atoms with van der Waals surface area (Å²) in [6.45, 7) is 7.70. The van der Waals surface area contributed by atoms with Crippen molar-refractivity contribution in [2.75, 3.05) is 27.3 Å². The fraction of sp³-hybridized carbons (Fsp3) is 0.435. The first-order chi connectivity index (χ1) is 15.4. The third-order valence-electron chi connectivity index (χ3n) is 5.15. The van der Waals surface area contributed by atoms with Crippen LogP contribution in [0.5, 0.6) is 5.75 Å². The molecule has 3 rings (SSSR count). The summed E-state index contributed by atoms with van der Waals surface area (Å²) in [5.41, 5.74) is 2.27. The second-order valence-electron chi connectivity index (χ2n) is 9.12. The van der Waals surface area contributed by atoms with Crippen LogP contribution < -0.4 is 10.4 Å². The summed E-state index contributed by atoms with van der Waals surface area (Å²) < 4.78 is 8.09. The number of nitrogens with one attached hydrogen (secondary N) is 1. The number of aryl methyl sites for hydroxylation is 1. The van der Waals surface area contributed by atoms with E-state index < -0.39 is 0 Å². The number of benzene rings is 1. The van der Waals surface area contributed by atoms with Crippen LogP contribution in [-0.2, 0) is 12.0 Å². The Kier molecular flexibility index (Phi) is 6.68. The van der Waals surface area contributed by atoms with Gasteiger partial charge in [0.2, 0.25) is 5.62 Å². The lowest BCUT2D eigenvalue weighted by molar-refractivity contribution is 0.0819. The molecule has 0 saturated heterocycles. The van der Waals surface area contributed by atoms with Crippen molar-refractivity contribution in [1.29, 1.82) is 5.41 Å². The van der Waals surface area contributed by atoms with Crippen molar-refractivity contribution in [3.63, 3.8) is 0 Å². The highest BCUT2D eigenvalue weighted by molar-refractivity contribution is 5.96. The molecule has 2 N–H and O–H groups in total. The van der Waals surface area contributed by atoms with E-state index in [0.29, 0.717) is 22.5 Å². The second-order valence-corrected chi connectivity index (χ2v) is 9.12. The van der Waals surface area contributed by atoms with Gasteiger partial charge in [0.25, 0.3) is 5.91 Å². The number of fused-ring (bicyclic) bond motifs is 1. The molecule has 0 spiro atoms. The highest BCUT2D eigenvalue weighted by Crippen LogP contribution is 2.28. The Bertz CT molecular complexity index is 1270. The zero-order chi connectivity index (χ0) is 24.5. The fourth-order valence-electron chi connectivity index (χ4n) is 3.27. The molecule has 0 atom stereocenters. The molecule has 0 aliphatic carbocycles. The molecule has 0 aliphatic heterocycles. The number of Topliss-reactive ketones (excluding diaryl/α,β-unsaturated/α-hetero) is 1. The monoisotopic (exact) mass is 454 g/mol. The predicted octanol–water partition coefficient (Wildman–Crippen LogP) is 1.57. The average Bonchev–Trinajstić information content (AvgIpc) is 3.06. The van der Waals surface area contributed by atoms with Crippen LogP contribution in [0.1, 0.15) is 52.7 Å². The topological polar surface area (TPSA) is 126 Å². The van der Waals surface area contributed by atoms with Gasteiger partial charge in [0.1, 0.15) is 24.6 Å². The number of ketones is 1. The quantitative estimate of drug-likeness (QED) is 0.522. The van der Waals surface area contributed by atoms with Gasteiger partial charge in [-0.2, -0.15) is 9.61 Å². The molecule has 0 bridgehead atoms. The van der Waals surface area contributed by atoms with Crippen LogP contribution in [0.4, 0.5) is 0 Å². The van der Waals surface area contributed by atoms with Crippen molar-refractivity contribution in [3.05, 3.63) is 52.3 Å². The van der Waals surface area contributed by atoms with E-state index in [9.17, 15) is 9.59 Å². The van der Waals surface area contributed by atoms with Crippen molar-refractivity contribution >= 4 is 17.3 Å². The molecule has 33 heavy (non-hydrogen) atoms. The summed E-state index contributed by atoms with van der Waals surface area (Å²) in [6, 6.07) is 6.92. The number of rotatable bonds is 7. The molecule has 0 aliphatic rings. The number of nitrogens with zero attached hydrogens (tertiary/aromatic N) is 5. The maximum absolute atomic E-state index is 13.2. The van der Waals surface area contributed by atoms with E-state index in [1.807, 2.05) is 32.9 Å². The number of aliphatic hydroxyl groups is 1. The summed E-state index contributed by atoms with van der Waals surface area (Å²) in [5, 5.41) is 26.2. The highest BCUT2D eigenvalue weighted by atomic mass is 16.5. The molecule has 2 aromatic heterocycles. The largest absolute Gasteiger partial charge is 0.491 e. The van der Waals surface area contributed by atoms with Crippen LogP contribution in [0.25, 0.3) is 5.65 Å². The smallest absolute Gasteiger partial charge is 0.273 e. The van der Waals surface area contributed by atoms with Gasteiger partial charge in [-0.15, -0.1) is 5.10 Å². The van der Waals surface area contributed by atoms with Gasteiger partial charge >= 0.3 is 0 Å². The van der Waals surface area contributed by atoms with Gasteiger partial charge in [0.05, 0.1) is 6.61 Å². The number of ether oxygens (including phenoxy) is 1. The Morgan fingerprint density at radius 1 is 1.15 bits per heavy atom. The van der Waals surface area contributed by atoms with Gasteiger partial charge in [0, 0.05) is 19.7 Å². The number of amides is 1. The van der Waals surface area contributed by atoms with Gasteiger partial charge in [-0.05, 0) is 47.7 Å². The molecule has 0 fully saturated rings. The maximum atomic E-state index is 13.2. The lowest BCUT2D eigenvalue weighted by atomic mass is 9.85. The number of aromatic nitrogens is 4. The zero-order valence-corrected chi connectivity index (χ0v) is 19.8. The molecule has 1 amide bonds. The summed E-state index contributed by atoms with van der Waals surface area (Å²) in [5.74, 6) is -0.0421. The van der Waals surface area contributed by atoms with Gasteiger partial charge < -0.3 is 14.7 Å². The molecular formula is C23H30N6O4. The van der Waals surface area contributed by atoms with Crippen LogP contribution in [0.15, 0.2) is 24.3 Å². The summed E-state index contributed by atoms with van der Waals surface area (Å²) in [4.78, 5) is 26.9. The van der Waals surface area contributed by atoms with Gasteiger partial charge in [-0.25, -0.2) is 4.68 Å². The van der Waals surface area contributed by atoms with Crippen molar-refractivity contribution in [3.8, 4) is 5.75 Å². The van der Waals surface area contributed by atoms with Crippen LogP contribution >= 0.6 is 0 Å². The predicted molar refractivity (Wildman–Crippen MR) is 122 cm³/mol. The molecule has 0 saturated carbocycles. The van der Waals surface area contributed by atoms with E-state index in [-0.39, 0.29) is 48.2 Å². The summed E-state index contributed by atoms with van der Waals surface area (Å²) in [7, 11) is 3.25. The number of hydrogen-bond donors (Lipinski definition) is 2. The Morgan fingerprint density at radius 3 is 2.45 bits per heavy atom. The van der Waals surface area contributed by atoms with Gasteiger partial charge in [-0.3, -0.25) is 15.0 Å². The SMILES string of the molecule is Cc1cc(C(=O)N(C)C)nn2c(=N)n(CC(=O)c3cc(OCCO)cc(C(C)(C)C)c3)nc12. The Labute approximate surface area is 191 Å². The molecule has 10 heteroatoms. The standard InChI is InChI=1S/C23H30N6O4/c1-14-9-18(21(32)27(5)6)25-29-20(14)26-28(22(29)24)13-19(31)15-10-16(23(2,3)4)12-17(11-15)33-8-7-30/h9-12,24,30H,7-8,13H2,1-6H3. The van der Waals surface area contributed by atoms with E-state index in [1.165, 1.54) is 14.1 Å². The van der Waals surface area contributed by atoms with E-state index in [4.69, 9.17) is 15.3 Å². The number of carbonyl (C=O) groups is 2. The van der Waals surface area contributed by atoms with Crippen molar-refractivity contribution in [2.24, 2.45) is 0 Å². The van der Waals surface area contributed by atoms with Crippen molar-refractivity contribution in [1.82, 2.24) is 24.3 Å². The molecule has 10 nitrogen and oxygen atoms in total. The van der Waals surface area contributed by atoms with E-state index >= 15 is 0 Å². The molecule has 0 radical (unpaired) electrons.